The van der Waals surface area contributed by atoms with E-state index in [1.807, 2.05) is 0 Å². The highest BCUT2D eigenvalue weighted by molar-refractivity contribution is 5.81. The molecule has 1 aromatic rings. The molecule has 8 heteroatoms. The Morgan fingerprint density at radius 1 is 1.60 bits per heavy atom. The van der Waals surface area contributed by atoms with Crippen LogP contribution in [-0.4, -0.2) is 55.3 Å². The molecule has 0 aliphatic carbocycles. The minimum absolute atomic E-state index is 0.101. The van der Waals surface area contributed by atoms with E-state index in [2.05, 4.69) is 15.3 Å². The minimum atomic E-state index is -0.521. The highest BCUT2D eigenvalue weighted by Crippen LogP contribution is 2.23. The van der Waals surface area contributed by atoms with E-state index in [9.17, 15) is 9.59 Å². The van der Waals surface area contributed by atoms with Gasteiger partial charge in [-0.15, -0.1) is 0 Å². The first-order valence-electron chi connectivity index (χ1n) is 6.44. The van der Waals surface area contributed by atoms with Crippen LogP contribution < -0.4 is 20.5 Å². The largest absolute Gasteiger partial charge is 0.489 e. The maximum Gasteiger partial charge on any atom is 0.330 e. The van der Waals surface area contributed by atoms with Gasteiger partial charge in [0, 0.05) is 19.6 Å². The van der Waals surface area contributed by atoms with E-state index in [0.29, 0.717) is 32.1 Å². The second-order valence-electron chi connectivity index (χ2n) is 4.25. The predicted molar refractivity (Wildman–Crippen MR) is 72.0 cm³/mol. The highest BCUT2D eigenvalue weighted by atomic mass is 16.5. The Labute approximate surface area is 116 Å². The number of esters is 1. The van der Waals surface area contributed by atoms with Crippen LogP contribution in [0.1, 0.15) is 6.92 Å². The fourth-order valence-corrected chi connectivity index (χ4v) is 2.17. The Balaban J connectivity index is 2.35. The van der Waals surface area contributed by atoms with E-state index >= 15 is 0 Å². The molecule has 0 radical (unpaired) electrons. The standard InChI is InChI=1S/C12H18N4O4/c1-3-20-12(18)8-6-13-4-5-16(8)10-9(19-2)11(17)15-7-14-10/h7-8,13H,3-6H2,1-2H3,(H,14,15,17). The van der Waals surface area contributed by atoms with Crippen LogP contribution in [0.5, 0.6) is 5.75 Å². The summed E-state index contributed by atoms with van der Waals surface area (Å²) >= 11 is 0. The van der Waals surface area contributed by atoms with Crippen molar-refractivity contribution >= 4 is 11.8 Å². The normalized spacial score (nSPS) is 18.7. The zero-order valence-corrected chi connectivity index (χ0v) is 11.5. The lowest BCUT2D eigenvalue weighted by Crippen LogP contribution is -2.56. The third-order valence-corrected chi connectivity index (χ3v) is 3.07. The average Bonchev–Trinajstić information content (AvgIpc) is 2.47. The van der Waals surface area contributed by atoms with Gasteiger partial charge in [-0.2, -0.15) is 0 Å². The van der Waals surface area contributed by atoms with Gasteiger partial charge in [-0.1, -0.05) is 0 Å². The van der Waals surface area contributed by atoms with E-state index in [1.165, 1.54) is 13.4 Å². The number of carbonyl (C=O) groups is 1. The molecule has 0 bridgehead atoms. The van der Waals surface area contributed by atoms with E-state index < -0.39 is 6.04 Å². The number of hydrogen-bond donors (Lipinski definition) is 2. The molecule has 1 saturated heterocycles. The Morgan fingerprint density at radius 2 is 2.40 bits per heavy atom. The van der Waals surface area contributed by atoms with E-state index in [0.717, 1.165) is 0 Å². The first kappa shape index (κ1) is 14.3. The first-order chi connectivity index (χ1) is 9.69. The summed E-state index contributed by atoms with van der Waals surface area (Å²) in [5, 5.41) is 3.13. The summed E-state index contributed by atoms with van der Waals surface area (Å²) < 4.78 is 10.2. The topological polar surface area (TPSA) is 96.5 Å². The van der Waals surface area contributed by atoms with Gasteiger partial charge in [-0.05, 0) is 6.92 Å². The van der Waals surface area contributed by atoms with Crippen molar-refractivity contribution in [1.82, 2.24) is 15.3 Å². The SMILES string of the molecule is CCOC(=O)C1CNCCN1c1nc[nH]c(=O)c1OC. The zero-order valence-electron chi connectivity index (χ0n) is 11.5. The summed E-state index contributed by atoms with van der Waals surface area (Å²) in [4.78, 5) is 32.1. The fraction of sp³-hybridized carbons (Fsp3) is 0.583. The molecule has 1 unspecified atom stereocenters. The van der Waals surface area contributed by atoms with Gasteiger partial charge in [0.05, 0.1) is 20.0 Å². The molecule has 1 aromatic heterocycles. The number of ether oxygens (including phenoxy) is 2. The highest BCUT2D eigenvalue weighted by Gasteiger charge is 2.33. The molecule has 2 N–H and O–H groups in total. The van der Waals surface area contributed by atoms with Crippen molar-refractivity contribution in [3.8, 4) is 5.75 Å². The number of aromatic amines is 1. The van der Waals surface area contributed by atoms with Crippen LogP contribution in [0.2, 0.25) is 0 Å². The summed E-state index contributed by atoms with van der Waals surface area (Å²) in [6.07, 6.45) is 1.30. The molecule has 0 amide bonds. The Bertz CT molecular complexity index is 530. The number of nitrogens with zero attached hydrogens (tertiary/aromatic N) is 2. The van der Waals surface area contributed by atoms with Crippen molar-refractivity contribution in [3.05, 3.63) is 16.7 Å². The monoisotopic (exact) mass is 282 g/mol. The summed E-state index contributed by atoms with van der Waals surface area (Å²) in [5.74, 6) is 0.114. The van der Waals surface area contributed by atoms with E-state index in [-0.39, 0.29) is 17.3 Å². The zero-order chi connectivity index (χ0) is 14.5. The summed E-state index contributed by atoms with van der Waals surface area (Å²) in [6, 6.07) is -0.521. The maximum absolute atomic E-state index is 12.0. The first-order valence-corrected chi connectivity index (χ1v) is 6.44. The van der Waals surface area contributed by atoms with Crippen LogP contribution in [0.3, 0.4) is 0 Å². The van der Waals surface area contributed by atoms with Gasteiger partial charge >= 0.3 is 5.97 Å². The van der Waals surface area contributed by atoms with Gasteiger partial charge in [0.15, 0.2) is 5.82 Å². The van der Waals surface area contributed by atoms with Gasteiger partial charge in [0.25, 0.3) is 5.56 Å². The van der Waals surface area contributed by atoms with Crippen LogP contribution in [0, 0.1) is 0 Å². The van der Waals surface area contributed by atoms with Crippen molar-refractivity contribution in [2.45, 2.75) is 13.0 Å². The summed E-state index contributed by atoms with van der Waals surface area (Å²) in [7, 11) is 1.40. The van der Waals surface area contributed by atoms with Crippen molar-refractivity contribution < 1.29 is 14.3 Å². The Morgan fingerprint density at radius 3 is 3.10 bits per heavy atom. The minimum Gasteiger partial charge on any atom is -0.489 e. The van der Waals surface area contributed by atoms with Gasteiger partial charge in [0.2, 0.25) is 5.75 Å². The number of hydrogen-bond acceptors (Lipinski definition) is 7. The van der Waals surface area contributed by atoms with Crippen LogP contribution >= 0.6 is 0 Å². The molecule has 0 aromatic carbocycles. The van der Waals surface area contributed by atoms with Crippen molar-refractivity contribution in [3.63, 3.8) is 0 Å². The summed E-state index contributed by atoms with van der Waals surface area (Å²) in [5.41, 5.74) is -0.376. The third-order valence-electron chi connectivity index (χ3n) is 3.07. The summed E-state index contributed by atoms with van der Waals surface area (Å²) in [6.45, 7) is 3.73. The quantitative estimate of drug-likeness (QED) is 0.692. The molecular weight excluding hydrogens is 264 g/mol. The predicted octanol–water partition coefficient (Wildman–Crippen LogP) is -0.880. The number of nitrogens with one attached hydrogen (secondary N) is 2. The Hall–Kier alpha value is -2.09. The van der Waals surface area contributed by atoms with E-state index in [1.54, 1.807) is 11.8 Å². The van der Waals surface area contributed by atoms with Crippen molar-refractivity contribution in [2.24, 2.45) is 0 Å². The van der Waals surface area contributed by atoms with Crippen LogP contribution in [0.25, 0.3) is 0 Å². The van der Waals surface area contributed by atoms with Crippen molar-refractivity contribution in [2.75, 3.05) is 38.3 Å². The number of methoxy groups -OCH3 is 1. The molecule has 110 valence electrons. The second-order valence-corrected chi connectivity index (χ2v) is 4.25. The molecule has 1 atom stereocenters. The lowest BCUT2D eigenvalue weighted by molar-refractivity contribution is -0.144. The molecule has 20 heavy (non-hydrogen) atoms. The second kappa shape index (κ2) is 6.38. The number of anilines is 1. The van der Waals surface area contributed by atoms with Crippen molar-refractivity contribution in [1.29, 1.82) is 0 Å². The van der Waals surface area contributed by atoms with Gasteiger partial charge < -0.3 is 24.7 Å². The van der Waals surface area contributed by atoms with Gasteiger partial charge in [-0.25, -0.2) is 9.78 Å². The number of aromatic nitrogens is 2. The molecule has 2 heterocycles. The number of piperazine rings is 1. The van der Waals surface area contributed by atoms with Gasteiger partial charge in [0.1, 0.15) is 6.04 Å². The molecule has 0 spiro atoms. The molecule has 1 aliphatic heterocycles. The number of carbonyl (C=O) groups excluding carboxylic acids is 1. The molecule has 8 nitrogen and oxygen atoms in total. The molecule has 2 rings (SSSR count). The molecule has 1 aliphatic rings. The van der Waals surface area contributed by atoms with E-state index in [4.69, 9.17) is 9.47 Å². The lowest BCUT2D eigenvalue weighted by Gasteiger charge is -2.35. The molecule has 0 saturated carbocycles. The number of H-pyrrole nitrogens is 1. The van der Waals surface area contributed by atoms with Gasteiger partial charge in [-0.3, -0.25) is 4.79 Å². The van der Waals surface area contributed by atoms with Crippen LogP contribution in [0.15, 0.2) is 11.1 Å². The third kappa shape index (κ3) is 2.74. The van der Waals surface area contributed by atoms with Crippen LogP contribution in [-0.2, 0) is 9.53 Å². The lowest BCUT2D eigenvalue weighted by atomic mass is 10.2. The number of rotatable bonds is 4. The van der Waals surface area contributed by atoms with Crippen LogP contribution in [0.4, 0.5) is 5.82 Å². The molecule has 1 fully saturated rings. The molecular formula is C12H18N4O4. The maximum atomic E-state index is 12.0. The smallest absolute Gasteiger partial charge is 0.330 e. The Kier molecular flexibility index (Phi) is 4.57. The average molecular weight is 282 g/mol. The fourth-order valence-electron chi connectivity index (χ4n) is 2.17.